The number of sulfonamides is 1. The molecule has 8 nitrogen and oxygen atoms in total. The Bertz CT molecular complexity index is 1290. The van der Waals surface area contributed by atoms with Crippen LogP contribution in [-0.2, 0) is 26.2 Å². The lowest BCUT2D eigenvalue weighted by atomic mass is 10.0. The number of ether oxygens (including phenoxy) is 1. The third-order valence-electron chi connectivity index (χ3n) is 5.26. The normalized spacial score (nSPS) is 12.5. The highest BCUT2D eigenvalue weighted by Crippen LogP contribution is 2.29. The summed E-state index contributed by atoms with van der Waals surface area (Å²) in [4.78, 5) is 25.6. The molecular formula is C26H31N3O5S. The van der Waals surface area contributed by atoms with Crippen LogP contribution in [-0.4, -0.2) is 32.5 Å². The van der Waals surface area contributed by atoms with E-state index in [1.165, 1.54) is 6.07 Å². The molecule has 9 heteroatoms. The van der Waals surface area contributed by atoms with Gasteiger partial charge in [0.1, 0.15) is 12.6 Å². The molecule has 0 aromatic heterocycles. The summed E-state index contributed by atoms with van der Waals surface area (Å²) in [5.41, 5.74) is 1.28. The Labute approximate surface area is 206 Å². The fourth-order valence-electron chi connectivity index (χ4n) is 3.64. The molecule has 2 amide bonds. The molecule has 0 spiro atoms. The lowest BCUT2D eigenvalue weighted by molar-refractivity contribution is -0.119. The standard InChI is InChI=1S/C26H31N3O5S/c1-17(2)24(28-26(31)34-16-19-10-6-5-7-11-19)25(30)27-22-14-8-13-21-20(22)12-9-15-23(21)35(32,33)29-18(3)4/h5-15,17-18,24,29H,16H2,1-4H3,(H,27,30)(H,28,31)/t24-/m0/s1. The van der Waals surface area contributed by atoms with Crippen molar-refractivity contribution in [3.8, 4) is 0 Å². The third kappa shape index (κ3) is 6.80. The van der Waals surface area contributed by atoms with Gasteiger partial charge in [0.05, 0.1) is 4.90 Å². The molecule has 3 aromatic rings. The van der Waals surface area contributed by atoms with E-state index in [-0.39, 0.29) is 23.5 Å². The zero-order chi connectivity index (χ0) is 25.6. The number of carbonyl (C=O) groups excluding carboxylic acids is 2. The molecule has 0 unspecified atom stereocenters. The van der Waals surface area contributed by atoms with Crippen LogP contribution in [0.5, 0.6) is 0 Å². The van der Waals surface area contributed by atoms with E-state index < -0.39 is 28.1 Å². The first-order chi connectivity index (χ1) is 16.6. The van der Waals surface area contributed by atoms with Crippen molar-refractivity contribution in [1.82, 2.24) is 10.0 Å². The fourth-order valence-corrected chi connectivity index (χ4v) is 5.11. The molecule has 0 bridgehead atoms. The first-order valence-corrected chi connectivity index (χ1v) is 12.9. The van der Waals surface area contributed by atoms with Crippen LogP contribution >= 0.6 is 0 Å². The van der Waals surface area contributed by atoms with Gasteiger partial charge < -0.3 is 15.4 Å². The van der Waals surface area contributed by atoms with E-state index in [0.717, 1.165) is 5.56 Å². The van der Waals surface area contributed by atoms with Gasteiger partial charge >= 0.3 is 6.09 Å². The second kappa shape index (κ2) is 11.3. The number of nitrogens with one attached hydrogen (secondary N) is 3. The Morgan fingerprint density at radius 3 is 2.17 bits per heavy atom. The summed E-state index contributed by atoms with van der Waals surface area (Å²) in [6.07, 6.45) is -0.700. The molecule has 0 aliphatic heterocycles. The van der Waals surface area contributed by atoms with Crippen molar-refractivity contribution < 1.29 is 22.7 Å². The maximum atomic E-state index is 13.1. The van der Waals surface area contributed by atoms with E-state index in [9.17, 15) is 18.0 Å². The van der Waals surface area contributed by atoms with Gasteiger partial charge in [-0.2, -0.15) is 0 Å². The summed E-state index contributed by atoms with van der Waals surface area (Å²) < 4.78 is 33.5. The summed E-state index contributed by atoms with van der Waals surface area (Å²) >= 11 is 0. The zero-order valence-electron chi connectivity index (χ0n) is 20.2. The number of hydrogen-bond acceptors (Lipinski definition) is 5. The van der Waals surface area contributed by atoms with Crippen molar-refractivity contribution in [3.63, 3.8) is 0 Å². The van der Waals surface area contributed by atoms with Crippen molar-refractivity contribution in [1.29, 1.82) is 0 Å². The van der Waals surface area contributed by atoms with Gasteiger partial charge in [0.15, 0.2) is 0 Å². The molecule has 0 saturated carbocycles. The van der Waals surface area contributed by atoms with Gasteiger partial charge in [-0.25, -0.2) is 17.9 Å². The van der Waals surface area contributed by atoms with Crippen molar-refractivity contribution >= 4 is 38.5 Å². The van der Waals surface area contributed by atoms with Crippen LogP contribution in [0.2, 0.25) is 0 Å². The minimum absolute atomic E-state index is 0.0874. The summed E-state index contributed by atoms with van der Waals surface area (Å²) in [5.74, 6) is -0.654. The van der Waals surface area contributed by atoms with E-state index in [2.05, 4.69) is 15.4 Å². The lowest BCUT2D eigenvalue weighted by Crippen LogP contribution is -2.47. The molecule has 0 aliphatic rings. The predicted molar refractivity (Wildman–Crippen MR) is 136 cm³/mol. The van der Waals surface area contributed by atoms with Crippen molar-refractivity contribution in [2.24, 2.45) is 5.92 Å². The van der Waals surface area contributed by atoms with Crippen molar-refractivity contribution in [2.75, 3.05) is 5.32 Å². The molecule has 0 saturated heterocycles. The maximum absolute atomic E-state index is 13.1. The van der Waals surface area contributed by atoms with Crippen LogP contribution in [0.1, 0.15) is 33.3 Å². The molecule has 3 N–H and O–H groups in total. The Morgan fingerprint density at radius 2 is 1.51 bits per heavy atom. The van der Waals surface area contributed by atoms with Gasteiger partial charge in [-0.05, 0) is 37.5 Å². The van der Waals surface area contributed by atoms with Gasteiger partial charge in [-0.15, -0.1) is 0 Å². The quantitative estimate of drug-likeness (QED) is 0.405. The third-order valence-corrected chi connectivity index (χ3v) is 6.97. The number of carbonyl (C=O) groups is 2. The highest BCUT2D eigenvalue weighted by atomic mass is 32.2. The van der Waals surface area contributed by atoms with Crippen LogP contribution < -0.4 is 15.4 Å². The minimum Gasteiger partial charge on any atom is -0.445 e. The molecule has 3 aromatic carbocycles. The highest BCUT2D eigenvalue weighted by molar-refractivity contribution is 7.89. The van der Waals surface area contributed by atoms with Crippen molar-refractivity contribution in [2.45, 2.75) is 51.3 Å². The number of alkyl carbamates (subject to hydrolysis) is 1. The first kappa shape index (κ1) is 26.2. The molecular weight excluding hydrogens is 466 g/mol. The lowest BCUT2D eigenvalue weighted by Gasteiger charge is -2.22. The first-order valence-electron chi connectivity index (χ1n) is 11.4. The molecule has 0 fully saturated rings. The van der Waals surface area contributed by atoms with Crippen LogP contribution in [0.25, 0.3) is 10.8 Å². The number of hydrogen-bond donors (Lipinski definition) is 3. The molecule has 0 aliphatic carbocycles. The molecule has 0 radical (unpaired) electrons. The monoisotopic (exact) mass is 497 g/mol. The van der Waals surface area contributed by atoms with Gasteiger partial charge in [-0.1, -0.05) is 68.4 Å². The van der Waals surface area contributed by atoms with Gasteiger partial charge in [-0.3, -0.25) is 4.79 Å². The van der Waals surface area contributed by atoms with E-state index in [4.69, 9.17) is 4.74 Å². The molecule has 35 heavy (non-hydrogen) atoms. The molecule has 1 atom stereocenters. The Kier molecular flexibility index (Phi) is 8.48. The summed E-state index contributed by atoms with van der Waals surface area (Å²) in [6.45, 7) is 7.21. The average Bonchev–Trinajstić information content (AvgIpc) is 2.80. The van der Waals surface area contributed by atoms with Crippen LogP contribution in [0.3, 0.4) is 0 Å². The predicted octanol–water partition coefficient (Wildman–Crippen LogP) is 4.42. The number of amides is 2. The highest BCUT2D eigenvalue weighted by Gasteiger charge is 2.26. The van der Waals surface area contributed by atoms with E-state index >= 15 is 0 Å². The summed E-state index contributed by atoms with van der Waals surface area (Å²) in [5, 5.41) is 6.53. The van der Waals surface area contributed by atoms with Gasteiger partial charge in [0.2, 0.25) is 15.9 Å². The number of rotatable bonds is 9. The van der Waals surface area contributed by atoms with E-state index in [1.807, 2.05) is 44.2 Å². The molecule has 0 heterocycles. The Balaban J connectivity index is 1.79. The molecule has 3 rings (SSSR count). The van der Waals surface area contributed by atoms with Crippen LogP contribution in [0.15, 0.2) is 71.6 Å². The van der Waals surface area contributed by atoms with Crippen molar-refractivity contribution in [3.05, 3.63) is 72.3 Å². The topological polar surface area (TPSA) is 114 Å². The maximum Gasteiger partial charge on any atom is 0.408 e. The fraction of sp³-hybridized carbons (Fsp3) is 0.308. The smallest absolute Gasteiger partial charge is 0.408 e. The van der Waals surface area contributed by atoms with Crippen LogP contribution in [0, 0.1) is 5.92 Å². The average molecular weight is 498 g/mol. The number of fused-ring (bicyclic) bond motifs is 1. The van der Waals surface area contributed by atoms with E-state index in [1.54, 1.807) is 44.2 Å². The molecule has 186 valence electrons. The van der Waals surface area contributed by atoms with Crippen LogP contribution in [0.4, 0.5) is 10.5 Å². The van der Waals surface area contributed by atoms with Gasteiger partial charge in [0, 0.05) is 22.5 Å². The SMILES string of the molecule is CC(C)NS(=O)(=O)c1cccc2c(NC(=O)[C@@H](NC(=O)OCc3ccccc3)C(C)C)cccc12. The van der Waals surface area contributed by atoms with E-state index in [0.29, 0.717) is 16.5 Å². The number of benzene rings is 3. The number of anilines is 1. The summed E-state index contributed by atoms with van der Waals surface area (Å²) in [6, 6.07) is 18.1. The second-order valence-electron chi connectivity index (χ2n) is 8.85. The second-order valence-corrected chi connectivity index (χ2v) is 10.5. The minimum atomic E-state index is -3.74. The summed E-state index contributed by atoms with van der Waals surface area (Å²) in [7, 11) is -3.74. The van der Waals surface area contributed by atoms with Gasteiger partial charge in [0.25, 0.3) is 0 Å². The zero-order valence-corrected chi connectivity index (χ0v) is 21.1. The largest absolute Gasteiger partial charge is 0.445 e. The Hall–Kier alpha value is -3.43. The Morgan fingerprint density at radius 1 is 0.857 bits per heavy atom.